The smallest absolute Gasteiger partial charge is 0.372 e. The minimum atomic E-state index is -4.23. The first-order valence-corrected chi connectivity index (χ1v) is 8.38. The molecule has 118 valence electrons. The number of benzene rings is 1. The van der Waals surface area contributed by atoms with Crippen LogP contribution in [0.4, 0.5) is 13.2 Å². The Morgan fingerprint density at radius 3 is 2.71 bits per heavy atom. The van der Waals surface area contributed by atoms with Gasteiger partial charge in [-0.3, -0.25) is 0 Å². The molecule has 5 heteroatoms. The van der Waals surface area contributed by atoms with Gasteiger partial charge < -0.3 is 4.74 Å². The Morgan fingerprint density at radius 1 is 1.24 bits per heavy atom. The van der Waals surface area contributed by atoms with Gasteiger partial charge in [0.15, 0.2) is 0 Å². The average Bonchev–Trinajstić information content (AvgIpc) is 2.46. The number of aryl methyl sites for hydroxylation is 1. The van der Waals surface area contributed by atoms with Gasteiger partial charge in [0.05, 0.1) is 0 Å². The summed E-state index contributed by atoms with van der Waals surface area (Å²) in [5.41, 5.74) is 2.76. The standard InChI is InChI=1S/C16H20BrF3O/c17-11-15(9-4-10-21-12-16(18,19)20)8-3-6-13-5-1-2-7-14(13)15/h1-2,5,7H,3-4,6,8-12H2. The van der Waals surface area contributed by atoms with Gasteiger partial charge >= 0.3 is 6.18 Å². The Labute approximate surface area is 132 Å². The molecule has 21 heavy (non-hydrogen) atoms. The van der Waals surface area contributed by atoms with Crippen molar-refractivity contribution >= 4 is 15.9 Å². The zero-order valence-corrected chi connectivity index (χ0v) is 13.5. The summed E-state index contributed by atoms with van der Waals surface area (Å²) in [6.07, 6.45) is 0.573. The quantitative estimate of drug-likeness (QED) is 0.508. The van der Waals surface area contributed by atoms with Crippen molar-refractivity contribution in [3.63, 3.8) is 0 Å². The molecule has 0 radical (unpaired) electrons. The zero-order valence-electron chi connectivity index (χ0n) is 11.9. The van der Waals surface area contributed by atoms with Crippen molar-refractivity contribution in [3.8, 4) is 0 Å². The van der Waals surface area contributed by atoms with Crippen molar-refractivity contribution in [2.24, 2.45) is 0 Å². The number of alkyl halides is 4. The van der Waals surface area contributed by atoms with Gasteiger partial charge in [-0.2, -0.15) is 13.2 Å². The van der Waals surface area contributed by atoms with Crippen LogP contribution in [0.5, 0.6) is 0 Å². The van der Waals surface area contributed by atoms with Gasteiger partial charge in [0.2, 0.25) is 0 Å². The van der Waals surface area contributed by atoms with Crippen LogP contribution in [0.25, 0.3) is 0 Å². The van der Waals surface area contributed by atoms with E-state index in [-0.39, 0.29) is 12.0 Å². The largest absolute Gasteiger partial charge is 0.411 e. The topological polar surface area (TPSA) is 9.23 Å². The lowest BCUT2D eigenvalue weighted by atomic mass is 9.69. The Morgan fingerprint density at radius 2 is 2.00 bits per heavy atom. The maximum Gasteiger partial charge on any atom is 0.411 e. The lowest BCUT2D eigenvalue weighted by molar-refractivity contribution is -0.174. The second-order valence-corrected chi connectivity index (χ2v) is 6.26. The monoisotopic (exact) mass is 364 g/mol. The second kappa shape index (κ2) is 7.14. The minimum Gasteiger partial charge on any atom is -0.372 e. The molecule has 0 amide bonds. The highest BCUT2D eigenvalue weighted by molar-refractivity contribution is 9.09. The predicted octanol–water partition coefficient (Wildman–Crippen LogP) is 5.01. The number of ether oxygens (including phenoxy) is 1. The molecule has 0 fully saturated rings. The van der Waals surface area contributed by atoms with E-state index in [9.17, 15) is 13.2 Å². The van der Waals surface area contributed by atoms with Gasteiger partial charge in [0.1, 0.15) is 6.61 Å². The van der Waals surface area contributed by atoms with Gasteiger partial charge in [0, 0.05) is 17.4 Å². The van der Waals surface area contributed by atoms with E-state index >= 15 is 0 Å². The summed E-state index contributed by atoms with van der Waals surface area (Å²) < 4.78 is 40.9. The van der Waals surface area contributed by atoms with Crippen molar-refractivity contribution < 1.29 is 17.9 Å². The van der Waals surface area contributed by atoms with E-state index in [0.29, 0.717) is 6.42 Å². The number of hydrogen-bond donors (Lipinski definition) is 0. The molecule has 0 spiro atoms. The molecule has 0 aromatic heterocycles. The molecule has 1 unspecified atom stereocenters. The maximum absolute atomic E-state index is 12.0. The van der Waals surface area contributed by atoms with E-state index in [4.69, 9.17) is 4.74 Å². The summed E-state index contributed by atoms with van der Waals surface area (Å²) in [6.45, 7) is -0.985. The van der Waals surface area contributed by atoms with Gasteiger partial charge in [0.25, 0.3) is 0 Å². The Hall–Kier alpha value is -0.550. The molecule has 1 aromatic carbocycles. The summed E-state index contributed by atoms with van der Waals surface area (Å²) in [5, 5.41) is 0.844. The molecule has 1 aliphatic rings. The van der Waals surface area contributed by atoms with Crippen molar-refractivity contribution in [2.45, 2.75) is 43.7 Å². The van der Waals surface area contributed by atoms with Crippen molar-refractivity contribution in [3.05, 3.63) is 35.4 Å². The zero-order chi connectivity index (χ0) is 15.3. The van der Waals surface area contributed by atoms with Crippen molar-refractivity contribution in [1.29, 1.82) is 0 Å². The Kier molecular flexibility index (Phi) is 5.72. The van der Waals surface area contributed by atoms with Gasteiger partial charge in [-0.25, -0.2) is 0 Å². The van der Waals surface area contributed by atoms with E-state index < -0.39 is 12.8 Å². The molecule has 1 nitrogen and oxygen atoms in total. The number of hydrogen-bond acceptors (Lipinski definition) is 1. The highest BCUT2D eigenvalue weighted by atomic mass is 79.9. The average molecular weight is 365 g/mol. The molecule has 0 saturated heterocycles. The highest BCUT2D eigenvalue weighted by Gasteiger charge is 2.35. The predicted molar refractivity (Wildman–Crippen MR) is 81.0 cm³/mol. The third-order valence-electron chi connectivity index (χ3n) is 4.16. The van der Waals surface area contributed by atoms with Crippen LogP contribution in [0.1, 0.15) is 36.8 Å². The maximum atomic E-state index is 12.0. The van der Waals surface area contributed by atoms with E-state index in [0.717, 1.165) is 31.0 Å². The van der Waals surface area contributed by atoms with Crippen LogP contribution in [0.15, 0.2) is 24.3 Å². The van der Waals surface area contributed by atoms with Gasteiger partial charge in [-0.05, 0) is 43.2 Å². The highest BCUT2D eigenvalue weighted by Crippen LogP contribution is 2.42. The number of halogens is 4. The Balaban J connectivity index is 1.94. The van der Waals surface area contributed by atoms with Crippen molar-refractivity contribution in [2.75, 3.05) is 18.5 Å². The molecular formula is C16H20BrF3O. The van der Waals surface area contributed by atoms with Gasteiger partial charge in [-0.1, -0.05) is 40.2 Å². The summed E-state index contributed by atoms with van der Waals surface area (Å²) in [5.74, 6) is 0. The first-order valence-electron chi connectivity index (χ1n) is 7.26. The lowest BCUT2D eigenvalue weighted by Gasteiger charge is -2.38. The molecule has 1 aromatic rings. The molecule has 1 aliphatic carbocycles. The number of rotatable bonds is 6. The minimum absolute atomic E-state index is 0.0381. The molecule has 2 rings (SSSR count). The second-order valence-electron chi connectivity index (χ2n) is 5.70. The van der Waals surface area contributed by atoms with Crippen molar-refractivity contribution in [1.82, 2.24) is 0 Å². The molecule has 0 N–H and O–H groups in total. The summed E-state index contributed by atoms with van der Waals surface area (Å²) in [7, 11) is 0. The van der Waals surface area contributed by atoms with E-state index in [1.165, 1.54) is 11.1 Å². The van der Waals surface area contributed by atoms with Gasteiger partial charge in [-0.15, -0.1) is 0 Å². The first kappa shape index (κ1) is 16.8. The van der Waals surface area contributed by atoms with E-state index in [1.54, 1.807) is 0 Å². The van der Waals surface area contributed by atoms with E-state index in [2.05, 4.69) is 34.1 Å². The fraction of sp³-hybridized carbons (Fsp3) is 0.625. The van der Waals surface area contributed by atoms with Crippen LogP contribution in [0.2, 0.25) is 0 Å². The molecule has 0 bridgehead atoms. The van der Waals surface area contributed by atoms with Crippen LogP contribution in [-0.2, 0) is 16.6 Å². The van der Waals surface area contributed by atoms with Crippen LogP contribution in [0.3, 0.4) is 0 Å². The van der Waals surface area contributed by atoms with Crippen LogP contribution >= 0.6 is 15.9 Å². The Bertz CT molecular complexity index is 461. The third-order valence-corrected chi connectivity index (χ3v) is 5.23. The molecule has 0 saturated carbocycles. The first-order chi connectivity index (χ1) is 9.97. The normalized spacial score (nSPS) is 22.1. The SMILES string of the molecule is FC(F)(F)COCCCC1(CBr)CCCc2ccccc21. The summed E-state index contributed by atoms with van der Waals surface area (Å²) in [6, 6.07) is 8.41. The van der Waals surface area contributed by atoms with E-state index in [1.807, 2.05) is 6.07 Å². The fourth-order valence-corrected chi connectivity index (χ4v) is 4.04. The fourth-order valence-electron chi connectivity index (χ4n) is 3.17. The van der Waals surface area contributed by atoms with Crippen LogP contribution in [-0.4, -0.2) is 24.7 Å². The number of fused-ring (bicyclic) bond motifs is 1. The van der Waals surface area contributed by atoms with Crippen LogP contribution in [0, 0.1) is 0 Å². The molecule has 0 aliphatic heterocycles. The summed E-state index contributed by atoms with van der Waals surface area (Å²) in [4.78, 5) is 0. The molecule has 1 atom stereocenters. The van der Waals surface area contributed by atoms with Crippen LogP contribution < -0.4 is 0 Å². The molecule has 0 heterocycles. The lowest BCUT2D eigenvalue weighted by Crippen LogP contribution is -2.33. The summed E-state index contributed by atoms with van der Waals surface area (Å²) >= 11 is 3.62. The third kappa shape index (κ3) is 4.46. The molecular weight excluding hydrogens is 345 g/mol.